The summed E-state index contributed by atoms with van der Waals surface area (Å²) in [6.45, 7) is 1.29. The summed E-state index contributed by atoms with van der Waals surface area (Å²) < 4.78 is 5.78. The molecule has 0 spiro atoms. The Labute approximate surface area is 161 Å². The molecular formula is C20H20N4O4. The molecule has 0 bridgehead atoms. The lowest BCUT2D eigenvalue weighted by molar-refractivity contribution is -0.144. The number of para-hydroxylation sites is 1. The molecule has 2 N–H and O–H groups in total. The first kappa shape index (κ1) is 18.0. The van der Waals surface area contributed by atoms with Crippen molar-refractivity contribution in [2.45, 2.75) is 12.5 Å². The SMILES string of the molecule is NC(=O)c1cc(OC2CN(C(=O)C3CC(=O)N(c4ccccc4)C3)C2)ccn1. The first-order valence-electron chi connectivity index (χ1n) is 9.08. The van der Waals surface area contributed by atoms with E-state index in [0.717, 1.165) is 5.69 Å². The number of nitrogens with zero attached hydrogens (tertiary/aromatic N) is 3. The molecule has 2 aliphatic rings. The van der Waals surface area contributed by atoms with Crippen LogP contribution in [0.25, 0.3) is 0 Å². The Kier molecular flexibility index (Phi) is 4.68. The number of carbonyl (C=O) groups is 3. The minimum Gasteiger partial charge on any atom is -0.487 e. The Morgan fingerprint density at radius 1 is 1.11 bits per heavy atom. The van der Waals surface area contributed by atoms with Crippen LogP contribution in [0.15, 0.2) is 48.7 Å². The van der Waals surface area contributed by atoms with Crippen molar-refractivity contribution in [3.05, 3.63) is 54.4 Å². The lowest BCUT2D eigenvalue weighted by Crippen LogP contribution is -2.57. The van der Waals surface area contributed by atoms with Gasteiger partial charge >= 0.3 is 0 Å². The van der Waals surface area contributed by atoms with Crippen LogP contribution < -0.4 is 15.4 Å². The van der Waals surface area contributed by atoms with Gasteiger partial charge in [-0.05, 0) is 18.2 Å². The molecule has 28 heavy (non-hydrogen) atoms. The number of hydrogen-bond acceptors (Lipinski definition) is 5. The van der Waals surface area contributed by atoms with Crippen molar-refractivity contribution in [2.75, 3.05) is 24.5 Å². The van der Waals surface area contributed by atoms with Crippen LogP contribution in [-0.4, -0.2) is 53.3 Å². The average Bonchev–Trinajstić information content (AvgIpc) is 3.06. The van der Waals surface area contributed by atoms with Crippen LogP contribution in [0.4, 0.5) is 5.69 Å². The molecule has 3 heterocycles. The predicted molar refractivity (Wildman–Crippen MR) is 101 cm³/mol. The molecule has 1 aromatic heterocycles. The zero-order valence-electron chi connectivity index (χ0n) is 15.2. The van der Waals surface area contributed by atoms with Crippen LogP contribution in [0.3, 0.4) is 0 Å². The Balaban J connectivity index is 1.31. The lowest BCUT2D eigenvalue weighted by Gasteiger charge is -2.40. The summed E-state index contributed by atoms with van der Waals surface area (Å²) in [5.74, 6) is -0.527. The Hall–Kier alpha value is -3.42. The maximum Gasteiger partial charge on any atom is 0.267 e. The van der Waals surface area contributed by atoms with Gasteiger partial charge in [0.05, 0.1) is 19.0 Å². The van der Waals surface area contributed by atoms with Gasteiger partial charge in [0.1, 0.15) is 17.5 Å². The van der Waals surface area contributed by atoms with Gasteiger partial charge in [-0.2, -0.15) is 0 Å². The third-order valence-electron chi connectivity index (χ3n) is 4.99. The highest BCUT2D eigenvalue weighted by Gasteiger charge is 2.41. The van der Waals surface area contributed by atoms with Crippen LogP contribution in [0.5, 0.6) is 5.75 Å². The molecule has 8 heteroatoms. The van der Waals surface area contributed by atoms with Crippen molar-refractivity contribution in [1.82, 2.24) is 9.88 Å². The fraction of sp³-hybridized carbons (Fsp3) is 0.300. The molecule has 2 saturated heterocycles. The van der Waals surface area contributed by atoms with Crippen LogP contribution in [0.2, 0.25) is 0 Å². The molecule has 3 amide bonds. The molecule has 4 rings (SSSR count). The minimum atomic E-state index is -0.621. The fourth-order valence-corrected chi connectivity index (χ4v) is 3.49. The summed E-state index contributed by atoms with van der Waals surface area (Å²) in [4.78, 5) is 43.4. The molecule has 1 aromatic carbocycles. The first-order valence-corrected chi connectivity index (χ1v) is 9.08. The van der Waals surface area contributed by atoms with E-state index in [4.69, 9.17) is 10.5 Å². The number of ether oxygens (including phenoxy) is 1. The van der Waals surface area contributed by atoms with Crippen LogP contribution in [0.1, 0.15) is 16.9 Å². The number of benzene rings is 1. The second-order valence-corrected chi connectivity index (χ2v) is 6.97. The van der Waals surface area contributed by atoms with E-state index in [2.05, 4.69) is 4.98 Å². The molecule has 1 unspecified atom stereocenters. The van der Waals surface area contributed by atoms with Gasteiger partial charge in [-0.15, -0.1) is 0 Å². The number of amides is 3. The highest BCUT2D eigenvalue weighted by atomic mass is 16.5. The summed E-state index contributed by atoms with van der Waals surface area (Å²) in [7, 11) is 0. The molecule has 2 fully saturated rings. The molecule has 0 radical (unpaired) electrons. The van der Waals surface area contributed by atoms with Gasteiger partial charge in [-0.3, -0.25) is 19.4 Å². The summed E-state index contributed by atoms with van der Waals surface area (Å²) in [6.07, 6.45) is 1.52. The lowest BCUT2D eigenvalue weighted by atomic mass is 10.0. The number of hydrogen-bond donors (Lipinski definition) is 1. The van der Waals surface area contributed by atoms with Crippen LogP contribution in [0, 0.1) is 5.92 Å². The highest BCUT2D eigenvalue weighted by Crippen LogP contribution is 2.28. The maximum absolute atomic E-state index is 12.7. The second-order valence-electron chi connectivity index (χ2n) is 6.97. The number of nitrogens with two attached hydrogens (primary N) is 1. The second kappa shape index (κ2) is 7.30. The van der Waals surface area contributed by atoms with Gasteiger partial charge in [0.25, 0.3) is 5.91 Å². The van der Waals surface area contributed by atoms with Gasteiger partial charge in [0.15, 0.2) is 0 Å². The molecule has 144 valence electrons. The third-order valence-corrected chi connectivity index (χ3v) is 4.99. The number of aromatic nitrogens is 1. The van der Waals surface area contributed by atoms with Gasteiger partial charge < -0.3 is 20.3 Å². The number of anilines is 1. The van der Waals surface area contributed by atoms with Crippen LogP contribution in [-0.2, 0) is 9.59 Å². The van der Waals surface area contributed by atoms with Crippen molar-refractivity contribution in [3.8, 4) is 5.75 Å². The van der Waals surface area contributed by atoms with Crippen molar-refractivity contribution in [1.29, 1.82) is 0 Å². The summed E-state index contributed by atoms with van der Waals surface area (Å²) in [5, 5.41) is 0. The summed E-state index contributed by atoms with van der Waals surface area (Å²) >= 11 is 0. The standard InChI is InChI=1S/C20H20N4O4/c21-19(26)17-9-15(6-7-22-17)28-16-11-23(12-16)20(27)13-8-18(25)24(10-13)14-4-2-1-3-5-14/h1-7,9,13,16H,8,10-12H2,(H2,21,26). The third kappa shape index (κ3) is 3.53. The molecule has 0 aliphatic carbocycles. The van der Waals surface area contributed by atoms with Crippen molar-refractivity contribution in [2.24, 2.45) is 11.7 Å². The number of carbonyl (C=O) groups excluding carboxylic acids is 3. The zero-order valence-corrected chi connectivity index (χ0v) is 15.2. The quantitative estimate of drug-likeness (QED) is 0.827. The highest BCUT2D eigenvalue weighted by molar-refractivity contribution is 6.00. The van der Waals surface area contributed by atoms with Crippen LogP contribution >= 0.6 is 0 Å². The van der Waals surface area contributed by atoms with Gasteiger partial charge in [0.2, 0.25) is 11.8 Å². The molecule has 0 saturated carbocycles. The van der Waals surface area contributed by atoms with Gasteiger partial charge in [0, 0.05) is 30.9 Å². The van der Waals surface area contributed by atoms with E-state index in [0.29, 0.717) is 25.4 Å². The Morgan fingerprint density at radius 3 is 2.57 bits per heavy atom. The van der Waals surface area contributed by atoms with E-state index in [1.165, 1.54) is 12.3 Å². The van der Waals surface area contributed by atoms with E-state index >= 15 is 0 Å². The van der Waals surface area contributed by atoms with E-state index in [1.807, 2.05) is 30.3 Å². The Bertz CT molecular complexity index is 911. The van der Waals surface area contributed by atoms with Crippen molar-refractivity contribution in [3.63, 3.8) is 0 Å². The summed E-state index contributed by atoms with van der Waals surface area (Å²) in [6, 6.07) is 12.5. The molecule has 8 nitrogen and oxygen atoms in total. The normalized spacial score (nSPS) is 19.4. The fourth-order valence-electron chi connectivity index (χ4n) is 3.49. The van der Waals surface area contributed by atoms with E-state index in [-0.39, 0.29) is 36.0 Å². The predicted octanol–water partition coefficient (Wildman–Crippen LogP) is 0.823. The van der Waals surface area contributed by atoms with Crippen molar-refractivity contribution >= 4 is 23.4 Å². The van der Waals surface area contributed by atoms with Gasteiger partial charge in [-0.1, -0.05) is 18.2 Å². The zero-order chi connectivity index (χ0) is 19.7. The van der Waals surface area contributed by atoms with Crippen molar-refractivity contribution < 1.29 is 19.1 Å². The van der Waals surface area contributed by atoms with E-state index in [1.54, 1.807) is 15.9 Å². The number of rotatable bonds is 5. The summed E-state index contributed by atoms with van der Waals surface area (Å²) in [5.41, 5.74) is 6.16. The van der Waals surface area contributed by atoms with E-state index in [9.17, 15) is 14.4 Å². The molecular weight excluding hydrogens is 360 g/mol. The topological polar surface area (TPSA) is 106 Å². The first-order chi connectivity index (χ1) is 13.5. The largest absolute Gasteiger partial charge is 0.487 e. The minimum absolute atomic E-state index is 0.0285. The Morgan fingerprint density at radius 2 is 1.86 bits per heavy atom. The average molecular weight is 380 g/mol. The van der Waals surface area contributed by atoms with E-state index < -0.39 is 5.91 Å². The monoisotopic (exact) mass is 380 g/mol. The maximum atomic E-state index is 12.7. The molecule has 2 aromatic rings. The number of primary amides is 1. The molecule has 2 aliphatic heterocycles. The smallest absolute Gasteiger partial charge is 0.267 e. The van der Waals surface area contributed by atoms with Gasteiger partial charge in [-0.25, -0.2) is 0 Å². The number of pyridine rings is 1. The molecule has 1 atom stereocenters. The number of likely N-dealkylation sites (tertiary alicyclic amines) is 1.